The van der Waals surface area contributed by atoms with Gasteiger partial charge in [0.2, 0.25) is 0 Å². The number of piperazine rings is 1. The first kappa shape index (κ1) is 14.3. The predicted molar refractivity (Wildman–Crippen MR) is 78.4 cm³/mol. The molecule has 0 radical (unpaired) electrons. The van der Waals surface area contributed by atoms with Gasteiger partial charge in [-0.15, -0.1) is 0 Å². The minimum atomic E-state index is 0.0861. The molecule has 0 amide bonds. The summed E-state index contributed by atoms with van der Waals surface area (Å²) in [4.78, 5) is 2.39. The lowest BCUT2D eigenvalue weighted by molar-refractivity contribution is 0.182. The Balaban J connectivity index is 1.93. The molecule has 2 atom stereocenters. The third-order valence-electron chi connectivity index (χ3n) is 3.79. The van der Waals surface area contributed by atoms with E-state index in [4.69, 9.17) is 10.5 Å². The lowest BCUT2D eigenvalue weighted by atomic mass is 9.98. The van der Waals surface area contributed by atoms with E-state index in [1.165, 1.54) is 5.56 Å². The second-order valence-corrected chi connectivity index (χ2v) is 5.18. The van der Waals surface area contributed by atoms with Gasteiger partial charge in [0.05, 0.1) is 6.61 Å². The first-order valence-electron chi connectivity index (χ1n) is 7.10. The van der Waals surface area contributed by atoms with Crippen LogP contribution in [0.2, 0.25) is 0 Å². The van der Waals surface area contributed by atoms with Gasteiger partial charge in [-0.2, -0.15) is 0 Å². The van der Waals surface area contributed by atoms with Crippen LogP contribution in [0.4, 0.5) is 0 Å². The molecule has 0 bridgehead atoms. The molecule has 0 saturated carbocycles. The molecule has 1 aliphatic heterocycles. The van der Waals surface area contributed by atoms with Gasteiger partial charge in [-0.3, -0.25) is 0 Å². The van der Waals surface area contributed by atoms with Crippen molar-refractivity contribution < 1.29 is 4.74 Å². The molecule has 0 aromatic heterocycles. The summed E-state index contributed by atoms with van der Waals surface area (Å²) in [7, 11) is 2.18. The number of hydrogen-bond acceptors (Lipinski definition) is 4. The van der Waals surface area contributed by atoms with Gasteiger partial charge in [0.1, 0.15) is 5.75 Å². The summed E-state index contributed by atoms with van der Waals surface area (Å²) in [6.07, 6.45) is 0.984. The van der Waals surface area contributed by atoms with Crippen LogP contribution < -0.4 is 15.8 Å². The van der Waals surface area contributed by atoms with Crippen molar-refractivity contribution >= 4 is 0 Å². The molecule has 1 heterocycles. The molecular formula is C15H25N3O. The largest absolute Gasteiger partial charge is 0.494 e. The van der Waals surface area contributed by atoms with Crippen LogP contribution in [0.1, 0.15) is 24.9 Å². The number of hydrogen-bond donors (Lipinski definition) is 2. The van der Waals surface area contributed by atoms with E-state index in [1.807, 2.05) is 19.1 Å². The van der Waals surface area contributed by atoms with Crippen LogP contribution in [0, 0.1) is 0 Å². The number of likely N-dealkylation sites (N-methyl/N-ethyl adjacent to an activating group) is 1. The van der Waals surface area contributed by atoms with Crippen molar-refractivity contribution in [3.63, 3.8) is 0 Å². The molecule has 1 aromatic rings. The van der Waals surface area contributed by atoms with Gasteiger partial charge < -0.3 is 20.7 Å². The average molecular weight is 263 g/mol. The lowest BCUT2D eigenvalue weighted by Gasteiger charge is -2.34. The SMILES string of the molecule is CCOc1ccc(C(N)CC2CNCCN2C)cc1. The first-order chi connectivity index (χ1) is 9.20. The normalized spacial score (nSPS) is 22.2. The molecule has 3 N–H and O–H groups in total. The van der Waals surface area contributed by atoms with E-state index >= 15 is 0 Å². The zero-order valence-electron chi connectivity index (χ0n) is 11.9. The molecule has 0 spiro atoms. The minimum Gasteiger partial charge on any atom is -0.494 e. The maximum absolute atomic E-state index is 6.32. The van der Waals surface area contributed by atoms with E-state index in [2.05, 4.69) is 29.4 Å². The molecule has 0 aliphatic carbocycles. The Labute approximate surface area is 115 Å². The molecule has 1 aromatic carbocycles. The average Bonchev–Trinajstić information content (AvgIpc) is 2.42. The predicted octanol–water partition coefficient (Wildman–Crippen LogP) is 1.38. The Morgan fingerprint density at radius 3 is 2.79 bits per heavy atom. The van der Waals surface area contributed by atoms with E-state index in [-0.39, 0.29) is 6.04 Å². The van der Waals surface area contributed by atoms with Crippen LogP contribution in [0.5, 0.6) is 5.75 Å². The molecule has 1 fully saturated rings. The lowest BCUT2D eigenvalue weighted by Crippen LogP contribution is -2.50. The van der Waals surface area contributed by atoms with Gasteiger partial charge in [0, 0.05) is 31.7 Å². The molecule has 19 heavy (non-hydrogen) atoms. The topological polar surface area (TPSA) is 50.5 Å². The number of ether oxygens (including phenoxy) is 1. The van der Waals surface area contributed by atoms with Crippen LogP contribution >= 0.6 is 0 Å². The summed E-state index contributed by atoms with van der Waals surface area (Å²) in [5.41, 5.74) is 7.50. The fourth-order valence-electron chi connectivity index (χ4n) is 2.53. The number of nitrogens with zero attached hydrogens (tertiary/aromatic N) is 1. The second-order valence-electron chi connectivity index (χ2n) is 5.18. The Morgan fingerprint density at radius 2 is 2.16 bits per heavy atom. The van der Waals surface area contributed by atoms with E-state index in [1.54, 1.807) is 0 Å². The zero-order chi connectivity index (χ0) is 13.7. The highest BCUT2D eigenvalue weighted by atomic mass is 16.5. The van der Waals surface area contributed by atoms with Gasteiger partial charge in [-0.05, 0) is 38.1 Å². The number of nitrogens with two attached hydrogens (primary N) is 1. The van der Waals surface area contributed by atoms with Gasteiger partial charge in [-0.25, -0.2) is 0 Å². The molecule has 4 nitrogen and oxygen atoms in total. The van der Waals surface area contributed by atoms with Crippen LogP contribution in [-0.4, -0.2) is 44.2 Å². The second kappa shape index (κ2) is 6.89. The Morgan fingerprint density at radius 1 is 1.42 bits per heavy atom. The molecule has 2 rings (SSSR count). The van der Waals surface area contributed by atoms with E-state index in [0.29, 0.717) is 12.6 Å². The molecule has 4 heteroatoms. The number of benzene rings is 1. The summed E-state index contributed by atoms with van der Waals surface area (Å²) in [5.74, 6) is 0.912. The van der Waals surface area contributed by atoms with E-state index in [0.717, 1.165) is 31.8 Å². The molecule has 1 saturated heterocycles. The maximum Gasteiger partial charge on any atom is 0.119 e. The van der Waals surface area contributed by atoms with Crippen LogP contribution in [0.15, 0.2) is 24.3 Å². The van der Waals surface area contributed by atoms with Crippen molar-refractivity contribution in [2.45, 2.75) is 25.4 Å². The van der Waals surface area contributed by atoms with Crippen molar-refractivity contribution in [3.05, 3.63) is 29.8 Å². The quantitative estimate of drug-likeness (QED) is 0.842. The first-order valence-corrected chi connectivity index (χ1v) is 7.10. The summed E-state index contributed by atoms with van der Waals surface area (Å²) < 4.78 is 5.45. The number of nitrogens with one attached hydrogen (secondary N) is 1. The van der Waals surface area contributed by atoms with Crippen molar-refractivity contribution in [1.82, 2.24) is 10.2 Å². The fourth-order valence-corrected chi connectivity index (χ4v) is 2.53. The van der Waals surface area contributed by atoms with E-state index < -0.39 is 0 Å². The standard InChI is InChI=1S/C15H25N3O/c1-3-19-14-6-4-12(5-7-14)15(16)10-13-11-17-8-9-18(13)2/h4-7,13,15,17H,3,8-11,16H2,1-2H3. The third kappa shape index (κ3) is 3.93. The maximum atomic E-state index is 6.32. The van der Waals surface area contributed by atoms with Crippen molar-refractivity contribution in [2.24, 2.45) is 5.73 Å². The van der Waals surface area contributed by atoms with Crippen LogP contribution in [-0.2, 0) is 0 Å². The minimum absolute atomic E-state index is 0.0861. The highest BCUT2D eigenvalue weighted by molar-refractivity contribution is 5.29. The van der Waals surface area contributed by atoms with Gasteiger partial charge in [0.15, 0.2) is 0 Å². The third-order valence-corrected chi connectivity index (χ3v) is 3.79. The summed E-state index contributed by atoms with van der Waals surface area (Å²) >= 11 is 0. The Hall–Kier alpha value is -1.10. The summed E-state index contributed by atoms with van der Waals surface area (Å²) in [5, 5.41) is 3.43. The smallest absolute Gasteiger partial charge is 0.119 e. The fraction of sp³-hybridized carbons (Fsp3) is 0.600. The Kier molecular flexibility index (Phi) is 5.19. The van der Waals surface area contributed by atoms with Crippen molar-refractivity contribution in [1.29, 1.82) is 0 Å². The monoisotopic (exact) mass is 263 g/mol. The highest BCUT2D eigenvalue weighted by Crippen LogP contribution is 2.21. The number of rotatable bonds is 5. The summed E-state index contributed by atoms with van der Waals surface area (Å²) in [6, 6.07) is 8.76. The molecule has 1 aliphatic rings. The zero-order valence-corrected chi connectivity index (χ0v) is 11.9. The van der Waals surface area contributed by atoms with Crippen molar-refractivity contribution in [3.8, 4) is 5.75 Å². The molecular weight excluding hydrogens is 238 g/mol. The molecule has 2 unspecified atom stereocenters. The van der Waals surface area contributed by atoms with Crippen LogP contribution in [0.25, 0.3) is 0 Å². The van der Waals surface area contributed by atoms with Gasteiger partial charge in [0.25, 0.3) is 0 Å². The van der Waals surface area contributed by atoms with Gasteiger partial charge in [-0.1, -0.05) is 12.1 Å². The Bertz CT molecular complexity index is 379. The highest BCUT2D eigenvalue weighted by Gasteiger charge is 2.21. The van der Waals surface area contributed by atoms with Crippen molar-refractivity contribution in [2.75, 3.05) is 33.3 Å². The van der Waals surface area contributed by atoms with E-state index in [9.17, 15) is 0 Å². The summed E-state index contributed by atoms with van der Waals surface area (Å²) in [6.45, 7) is 5.89. The molecule has 106 valence electrons. The van der Waals surface area contributed by atoms with Gasteiger partial charge >= 0.3 is 0 Å². The van der Waals surface area contributed by atoms with Crippen LogP contribution in [0.3, 0.4) is 0 Å².